The Hall–Kier alpha value is -4.97. The second-order valence-electron chi connectivity index (χ2n) is 12.6. The molecule has 0 unspecified atom stereocenters. The van der Waals surface area contributed by atoms with Crippen LogP contribution in [-0.2, 0) is 4.57 Å². The second-order valence-corrected chi connectivity index (χ2v) is 15.8. The van der Waals surface area contributed by atoms with E-state index in [-0.39, 0.29) is 0 Å². The molecule has 2 heteroatoms. The number of hydrogen-bond acceptors (Lipinski definition) is 1. The van der Waals surface area contributed by atoms with Crippen LogP contribution in [0.4, 0.5) is 0 Å². The first kappa shape index (κ1) is 27.6. The first-order valence-electron chi connectivity index (χ1n) is 15.5. The summed E-state index contributed by atoms with van der Waals surface area (Å²) < 4.78 is 13.0. The molecule has 0 atom stereocenters. The lowest BCUT2D eigenvalue weighted by Gasteiger charge is -2.20. The minimum Gasteiger partial charge on any atom is -0.319 e. The Labute approximate surface area is 264 Å². The van der Waals surface area contributed by atoms with Crippen molar-refractivity contribution in [1.82, 2.24) is 0 Å². The van der Waals surface area contributed by atoms with Crippen molar-refractivity contribution in [3.63, 3.8) is 0 Å². The van der Waals surface area contributed by atoms with Crippen molar-refractivity contribution in [2.45, 2.75) is 6.92 Å². The van der Waals surface area contributed by atoms with Crippen LogP contribution >= 0.6 is 7.14 Å². The lowest BCUT2D eigenvalue weighted by Crippen LogP contribution is -2.02. The van der Waals surface area contributed by atoms with Gasteiger partial charge in [-0.3, -0.25) is 0 Å². The van der Waals surface area contributed by atoms with Crippen LogP contribution in [0.3, 0.4) is 0 Å². The lowest BCUT2D eigenvalue weighted by atomic mass is 9.83. The molecule has 8 aromatic rings. The first-order chi connectivity index (χ1) is 21.8. The van der Waals surface area contributed by atoms with E-state index in [0.29, 0.717) is 0 Å². The minimum atomic E-state index is -2.40. The van der Waals surface area contributed by atoms with E-state index in [9.17, 15) is 4.57 Å². The first-order valence-corrected chi connectivity index (χ1v) is 18.1. The topological polar surface area (TPSA) is 17.1 Å². The molecule has 0 aromatic heterocycles. The highest BCUT2D eigenvalue weighted by atomic mass is 31.2. The summed E-state index contributed by atoms with van der Waals surface area (Å²) in [5, 5.41) is 10.8. The van der Waals surface area contributed by atoms with Crippen molar-refractivity contribution < 1.29 is 4.57 Å². The highest BCUT2D eigenvalue weighted by Gasteiger charge is 2.19. The fourth-order valence-electron chi connectivity index (χ4n) is 6.85. The maximum atomic E-state index is 13.0. The summed E-state index contributed by atoms with van der Waals surface area (Å²) in [6.45, 7) is 5.86. The molecule has 0 amide bonds. The smallest absolute Gasteiger partial charge is 0.109 e. The van der Waals surface area contributed by atoms with Gasteiger partial charge in [0, 0.05) is 5.30 Å². The van der Waals surface area contributed by atoms with Gasteiger partial charge in [0.25, 0.3) is 0 Å². The summed E-state index contributed by atoms with van der Waals surface area (Å²) in [7, 11) is -2.40. The van der Waals surface area contributed by atoms with E-state index in [2.05, 4.69) is 140 Å². The van der Waals surface area contributed by atoms with Gasteiger partial charge in [-0.2, -0.15) is 0 Å². The monoisotopic (exact) mass is 596 g/mol. The van der Waals surface area contributed by atoms with Crippen LogP contribution in [0.5, 0.6) is 0 Å². The number of benzene rings is 8. The maximum absolute atomic E-state index is 13.0. The van der Waals surface area contributed by atoms with E-state index in [1.807, 2.05) is 25.5 Å². The molecule has 45 heavy (non-hydrogen) atoms. The van der Waals surface area contributed by atoms with E-state index in [1.165, 1.54) is 70.9 Å². The summed E-state index contributed by atoms with van der Waals surface area (Å²) in [5.41, 5.74) is 8.36. The SMILES string of the molecule is Cc1ccc2c(-c3ccc4ccccc4c3)c3cc(-c4cccc(P(C)(C)=O)c4)ccc3c(-c3ccc4ccccc4c3)c2c1. The van der Waals surface area contributed by atoms with E-state index in [4.69, 9.17) is 0 Å². The molecule has 1 nitrogen and oxygen atoms in total. The molecular weight excluding hydrogens is 563 g/mol. The minimum absolute atomic E-state index is 0.903. The third-order valence-electron chi connectivity index (χ3n) is 9.15. The van der Waals surface area contributed by atoms with Gasteiger partial charge >= 0.3 is 0 Å². The Bertz CT molecular complexity index is 2500. The summed E-state index contributed by atoms with van der Waals surface area (Å²) in [4.78, 5) is 0. The zero-order chi connectivity index (χ0) is 30.7. The molecule has 0 aliphatic rings. The van der Waals surface area contributed by atoms with Gasteiger partial charge in [-0.25, -0.2) is 0 Å². The quantitative estimate of drug-likeness (QED) is 0.146. The number of hydrogen-bond donors (Lipinski definition) is 0. The zero-order valence-electron chi connectivity index (χ0n) is 25.7. The average Bonchev–Trinajstić information content (AvgIpc) is 3.06. The Kier molecular flexibility index (Phi) is 6.48. The van der Waals surface area contributed by atoms with Crippen molar-refractivity contribution in [3.05, 3.63) is 151 Å². The summed E-state index contributed by atoms with van der Waals surface area (Å²) in [5.74, 6) is 0. The Morgan fingerprint density at radius 1 is 0.400 bits per heavy atom. The molecule has 0 bridgehead atoms. The molecule has 0 fully saturated rings. The third kappa shape index (κ3) is 4.85. The van der Waals surface area contributed by atoms with Crippen molar-refractivity contribution in [2.75, 3.05) is 13.3 Å². The van der Waals surface area contributed by atoms with E-state index in [0.717, 1.165) is 16.4 Å². The standard InChI is InChI=1S/C43H33OP/c1-28-15-21-38-40(23-28)42(35-18-16-29-9-4-6-11-31(29)24-35)39-22-20-34(33-13-8-14-37(26-33)45(2,3)44)27-41(39)43(38)36-19-17-30-10-5-7-12-32(30)25-36/h4-27H,1-3H3. The van der Waals surface area contributed by atoms with Crippen LogP contribution in [-0.4, -0.2) is 13.3 Å². The summed E-state index contributed by atoms with van der Waals surface area (Å²) in [6.07, 6.45) is 0. The van der Waals surface area contributed by atoms with Crippen LogP contribution in [0.15, 0.2) is 146 Å². The summed E-state index contributed by atoms with van der Waals surface area (Å²) >= 11 is 0. The molecule has 8 rings (SSSR count). The highest BCUT2D eigenvalue weighted by molar-refractivity contribution is 7.70. The van der Waals surface area contributed by atoms with Crippen molar-refractivity contribution >= 4 is 55.5 Å². The Morgan fingerprint density at radius 3 is 1.51 bits per heavy atom. The Balaban J connectivity index is 1.50. The molecule has 0 aliphatic carbocycles. The normalized spacial score (nSPS) is 12.0. The van der Waals surface area contributed by atoms with Gasteiger partial charge < -0.3 is 4.57 Å². The number of rotatable bonds is 4. The van der Waals surface area contributed by atoms with Crippen LogP contribution < -0.4 is 5.30 Å². The van der Waals surface area contributed by atoms with Crippen LogP contribution in [0.1, 0.15) is 5.56 Å². The van der Waals surface area contributed by atoms with Gasteiger partial charge in [0.15, 0.2) is 0 Å². The molecule has 0 spiro atoms. The zero-order valence-corrected chi connectivity index (χ0v) is 26.6. The van der Waals surface area contributed by atoms with E-state index >= 15 is 0 Å². The fraction of sp³-hybridized carbons (Fsp3) is 0.0698. The van der Waals surface area contributed by atoms with E-state index in [1.54, 1.807) is 0 Å². The molecule has 0 N–H and O–H groups in total. The third-order valence-corrected chi connectivity index (χ3v) is 10.7. The molecule has 216 valence electrons. The van der Waals surface area contributed by atoms with Crippen molar-refractivity contribution in [3.8, 4) is 33.4 Å². The maximum Gasteiger partial charge on any atom is 0.109 e. The predicted molar refractivity (Wildman–Crippen MR) is 197 cm³/mol. The van der Waals surface area contributed by atoms with Gasteiger partial charge in [0.2, 0.25) is 0 Å². The predicted octanol–water partition coefficient (Wildman–Crippen LogP) is 11.9. The summed E-state index contributed by atoms with van der Waals surface area (Å²) in [6, 6.07) is 52.8. The molecule has 0 saturated carbocycles. The number of aryl methyl sites for hydroxylation is 1. The molecule has 0 heterocycles. The van der Waals surface area contributed by atoms with Crippen LogP contribution in [0.25, 0.3) is 76.5 Å². The van der Waals surface area contributed by atoms with Crippen LogP contribution in [0.2, 0.25) is 0 Å². The van der Waals surface area contributed by atoms with Crippen molar-refractivity contribution in [1.29, 1.82) is 0 Å². The molecular formula is C43H33OP. The van der Waals surface area contributed by atoms with Gasteiger partial charge in [-0.1, -0.05) is 127 Å². The average molecular weight is 597 g/mol. The van der Waals surface area contributed by atoms with Gasteiger partial charge in [0.05, 0.1) is 0 Å². The fourth-order valence-corrected chi connectivity index (χ4v) is 7.75. The second kappa shape index (κ2) is 10.6. The lowest BCUT2D eigenvalue weighted by molar-refractivity contribution is 0.588. The van der Waals surface area contributed by atoms with Crippen molar-refractivity contribution in [2.24, 2.45) is 0 Å². The Morgan fingerprint density at radius 2 is 0.911 bits per heavy atom. The molecule has 0 aliphatic heterocycles. The van der Waals surface area contributed by atoms with Gasteiger partial charge in [-0.05, 0) is 121 Å². The van der Waals surface area contributed by atoms with Gasteiger partial charge in [-0.15, -0.1) is 0 Å². The van der Waals surface area contributed by atoms with Gasteiger partial charge in [0.1, 0.15) is 7.14 Å². The largest absolute Gasteiger partial charge is 0.319 e. The molecule has 8 aromatic carbocycles. The molecule has 0 radical (unpaired) electrons. The van der Waals surface area contributed by atoms with Crippen LogP contribution in [0, 0.1) is 6.92 Å². The molecule has 0 saturated heterocycles. The highest BCUT2D eigenvalue weighted by Crippen LogP contribution is 2.46. The number of fused-ring (bicyclic) bond motifs is 4. The van der Waals surface area contributed by atoms with E-state index < -0.39 is 7.14 Å².